The van der Waals surface area contributed by atoms with Crippen molar-refractivity contribution in [3.63, 3.8) is 0 Å². The first kappa shape index (κ1) is 28.3. The van der Waals surface area contributed by atoms with Gasteiger partial charge < -0.3 is 29.5 Å². The normalized spacial score (nSPS) is 20.7. The number of nitrogens with one attached hydrogen (secondary N) is 1. The highest BCUT2D eigenvalue weighted by atomic mass is 16.5. The van der Waals surface area contributed by atoms with Gasteiger partial charge in [0.05, 0.1) is 18.3 Å². The lowest BCUT2D eigenvalue weighted by molar-refractivity contribution is 0.0700. The van der Waals surface area contributed by atoms with Crippen molar-refractivity contribution in [2.45, 2.75) is 51.2 Å². The maximum atomic E-state index is 13.8. The van der Waals surface area contributed by atoms with Crippen molar-refractivity contribution in [3.05, 3.63) is 82.1 Å². The molecule has 0 radical (unpaired) electrons. The smallest absolute Gasteiger partial charge is 0.254 e. The van der Waals surface area contributed by atoms with Crippen molar-refractivity contribution in [3.8, 4) is 28.4 Å². The molecule has 3 aliphatic rings. The van der Waals surface area contributed by atoms with Gasteiger partial charge >= 0.3 is 0 Å². The van der Waals surface area contributed by atoms with Crippen molar-refractivity contribution < 1.29 is 9.53 Å². The van der Waals surface area contributed by atoms with Gasteiger partial charge in [0.15, 0.2) is 5.82 Å². The number of aryl methyl sites for hydroxylation is 2. The standard InChI is InChI=1S/C38H38N6O3/c1-20-12-34(45)40-28-10-8-22(13-27(20)28)23-6-7-24-16-32(43(31(24)15-23)18-21-4-5-21)37-41-29-14-26(17-33(47-3)36(29)42(37)2)38(46)44-19-25-9-11-30(44)35(25)39/h6-8,10,12-17,21,25,30,35H,4-5,9,11,18-19,39H2,1-3H3,(H,40,45)/t25-,30-,35-/m1/s1. The zero-order chi connectivity index (χ0) is 32.1. The highest BCUT2D eigenvalue weighted by Gasteiger charge is 2.47. The summed E-state index contributed by atoms with van der Waals surface area (Å²) in [6.07, 6.45) is 4.52. The number of imidazole rings is 1. The molecule has 238 valence electrons. The second kappa shape index (κ2) is 10.3. The second-order valence-corrected chi connectivity index (χ2v) is 13.9. The van der Waals surface area contributed by atoms with Gasteiger partial charge in [-0.2, -0.15) is 0 Å². The molecule has 3 atom stereocenters. The molecular weight excluding hydrogens is 588 g/mol. The first-order chi connectivity index (χ1) is 22.8. The van der Waals surface area contributed by atoms with Crippen LogP contribution in [-0.2, 0) is 13.6 Å². The zero-order valence-corrected chi connectivity index (χ0v) is 26.9. The Morgan fingerprint density at radius 1 is 1.02 bits per heavy atom. The number of hydrogen-bond acceptors (Lipinski definition) is 5. The Morgan fingerprint density at radius 3 is 2.57 bits per heavy atom. The number of piperidine rings is 1. The van der Waals surface area contributed by atoms with Crippen LogP contribution in [0.4, 0.5) is 0 Å². The van der Waals surface area contributed by atoms with E-state index in [9.17, 15) is 9.59 Å². The number of likely N-dealkylation sites (tertiary alicyclic amines) is 1. The Hall–Kier alpha value is -4.89. The minimum atomic E-state index is -0.0832. The van der Waals surface area contributed by atoms with Gasteiger partial charge in [-0.25, -0.2) is 4.98 Å². The fraction of sp³-hybridized carbons (Fsp3) is 0.342. The van der Waals surface area contributed by atoms with Crippen LogP contribution in [-0.4, -0.2) is 55.6 Å². The molecule has 4 heterocycles. The summed E-state index contributed by atoms with van der Waals surface area (Å²) >= 11 is 0. The van der Waals surface area contributed by atoms with Crippen molar-refractivity contribution in [1.29, 1.82) is 0 Å². The minimum Gasteiger partial charge on any atom is -0.494 e. The van der Waals surface area contributed by atoms with Crippen LogP contribution in [0.3, 0.4) is 0 Å². The topological polar surface area (TPSA) is 111 Å². The van der Waals surface area contributed by atoms with Crippen LogP contribution in [0, 0.1) is 18.8 Å². The van der Waals surface area contributed by atoms with Crippen LogP contribution in [0.15, 0.2) is 65.5 Å². The Labute approximate surface area is 271 Å². The number of hydrogen-bond donors (Lipinski definition) is 2. The van der Waals surface area contributed by atoms with Gasteiger partial charge in [0, 0.05) is 65.7 Å². The van der Waals surface area contributed by atoms with Crippen LogP contribution in [0.1, 0.15) is 41.6 Å². The highest BCUT2D eigenvalue weighted by Crippen LogP contribution is 2.41. The highest BCUT2D eigenvalue weighted by molar-refractivity contribution is 6.01. The third-order valence-electron chi connectivity index (χ3n) is 11.0. The largest absolute Gasteiger partial charge is 0.494 e. The molecule has 47 heavy (non-hydrogen) atoms. The van der Waals surface area contributed by atoms with Gasteiger partial charge in [-0.15, -0.1) is 0 Å². The van der Waals surface area contributed by atoms with E-state index in [2.05, 4.69) is 50.5 Å². The van der Waals surface area contributed by atoms with Crippen LogP contribution in [0.2, 0.25) is 0 Å². The fourth-order valence-corrected chi connectivity index (χ4v) is 8.24. The molecule has 0 spiro atoms. The first-order valence-corrected chi connectivity index (χ1v) is 16.7. The summed E-state index contributed by atoms with van der Waals surface area (Å²) in [5.74, 6) is 2.52. The van der Waals surface area contributed by atoms with Gasteiger partial charge in [0.1, 0.15) is 11.3 Å². The predicted octanol–water partition coefficient (Wildman–Crippen LogP) is 5.99. The number of benzene rings is 3. The second-order valence-electron chi connectivity index (χ2n) is 13.9. The van der Waals surface area contributed by atoms with E-state index in [-0.39, 0.29) is 23.6 Å². The SMILES string of the molecule is COc1cc(C(=O)N2C[C@H]3CC[C@@H]2[C@@H]3N)cc2nc(-c3cc4ccc(-c5ccc6[nH]c(=O)cc(C)c6c5)cc4n3CC3CC3)n(C)c12. The Balaban J connectivity index is 1.15. The van der Waals surface area contributed by atoms with Gasteiger partial charge in [-0.3, -0.25) is 9.59 Å². The van der Waals surface area contributed by atoms with Crippen molar-refractivity contribution in [2.75, 3.05) is 13.7 Å². The molecule has 0 unspecified atom stereocenters. The third-order valence-corrected chi connectivity index (χ3v) is 11.0. The van der Waals surface area contributed by atoms with Gasteiger partial charge in [0.25, 0.3) is 5.91 Å². The van der Waals surface area contributed by atoms with Crippen LogP contribution in [0.25, 0.3) is 55.5 Å². The minimum absolute atomic E-state index is 0.00525. The average Bonchev–Trinajstić information content (AvgIpc) is 3.47. The Bertz CT molecular complexity index is 2330. The number of carbonyl (C=O) groups is 1. The molecule has 9 rings (SSSR count). The number of H-pyrrole nitrogens is 1. The average molecular weight is 627 g/mol. The molecule has 9 nitrogen and oxygen atoms in total. The number of fused-ring (bicyclic) bond motifs is 5. The number of pyridine rings is 1. The Morgan fingerprint density at radius 2 is 1.83 bits per heavy atom. The summed E-state index contributed by atoms with van der Waals surface area (Å²) in [4.78, 5) is 35.9. The quantitative estimate of drug-likeness (QED) is 0.236. The molecule has 2 saturated carbocycles. The monoisotopic (exact) mass is 626 g/mol. The summed E-state index contributed by atoms with van der Waals surface area (Å²) in [5.41, 5.74) is 14.8. The molecule has 3 N–H and O–H groups in total. The molecule has 3 aromatic carbocycles. The molecule has 1 amide bonds. The summed E-state index contributed by atoms with van der Waals surface area (Å²) in [5, 5.41) is 2.20. The third kappa shape index (κ3) is 4.43. The van der Waals surface area contributed by atoms with E-state index in [0.29, 0.717) is 23.1 Å². The molecule has 1 aliphatic heterocycles. The molecule has 2 aliphatic carbocycles. The van der Waals surface area contributed by atoms with Crippen LogP contribution >= 0.6 is 0 Å². The lowest BCUT2D eigenvalue weighted by Gasteiger charge is -2.27. The molecule has 3 aromatic heterocycles. The number of methoxy groups -OCH3 is 1. The lowest BCUT2D eigenvalue weighted by Crippen LogP contribution is -2.41. The van der Waals surface area contributed by atoms with E-state index < -0.39 is 0 Å². The van der Waals surface area contributed by atoms with Gasteiger partial charge in [-0.05, 0) is 97.5 Å². The van der Waals surface area contributed by atoms with Gasteiger partial charge in [0.2, 0.25) is 5.56 Å². The number of carbonyl (C=O) groups excluding carboxylic acids is 1. The predicted molar refractivity (Wildman–Crippen MR) is 185 cm³/mol. The van der Waals surface area contributed by atoms with E-state index in [1.54, 1.807) is 13.2 Å². The molecule has 6 aromatic rings. The summed E-state index contributed by atoms with van der Waals surface area (Å²) in [6, 6.07) is 20.7. The lowest BCUT2D eigenvalue weighted by atomic mass is 10.0. The van der Waals surface area contributed by atoms with E-state index in [4.69, 9.17) is 15.5 Å². The van der Waals surface area contributed by atoms with Crippen LogP contribution < -0.4 is 16.0 Å². The number of aromatic nitrogens is 4. The van der Waals surface area contributed by atoms with E-state index >= 15 is 0 Å². The molecule has 1 saturated heterocycles. The number of ether oxygens (including phenoxy) is 1. The fourth-order valence-electron chi connectivity index (χ4n) is 8.24. The Kier molecular flexibility index (Phi) is 6.21. The first-order valence-electron chi connectivity index (χ1n) is 16.7. The van der Waals surface area contributed by atoms with E-state index in [1.807, 2.05) is 37.1 Å². The number of amides is 1. The molecular formula is C38H38N6O3. The molecule has 9 heteroatoms. The number of nitrogens with two attached hydrogens (primary N) is 1. The van der Waals surface area contributed by atoms with E-state index in [1.165, 1.54) is 12.8 Å². The summed E-state index contributed by atoms with van der Waals surface area (Å²) in [6.45, 7) is 3.62. The summed E-state index contributed by atoms with van der Waals surface area (Å²) < 4.78 is 10.4. The van der Waals surface area contributed by atoms with Gasteiger partial charge in [-0.1, -0.05) is 18.2 Å². The van der Waals surface area contributed by atoms with Crippen LogP contribution in [0.5, 0.6) is 5.75 Å². The van der Waals surface area contributed by atoms with Crippen molar-refractivity contribution in [1.82, 2.24) is 24.0 Å². The summed E-state index contributed by atoms with van der Waals surface area (Å²) in [7, 11) is 3.68. The maximum absolute atomic E-state index is 13.8. The number of nitrogens with zero attached hydrogens (tertiary/aromatic N) is 4. The van der Waals surface area contributed by atoms with Crippen molar-refractivity contribution >= 4 is 38.7 Å². The number of rotatable bonds is 6. The van der Waals surface area contributed by atoms with Crippen molar-refractivity contribution in [2.24, 2.45) is 24.6 Å². The number of aromatic amines is 1. The maximum Gasteiger partial charge on any atom is 0.254 e. The zero-order valence-electron chi connectivity index (χ0n) is 26.9. The molecule has 2 bridgehead atoms. The van der Waals surface area contributed by atoms with E-state index in [0.717, 1.165) is 87.0 Å². The molecule has 3 fully saturated rings.